The van der Waals surface area contributed by atoms with E-state index in [0.29, 0.717) is 6.54 Å². The SMILES string of the molecule is CC(=O)NCc1ncnn1C. The minimum atomic E-state index is -0.0620. The van der Waals surface area contributed by atoms with Gasteiger partial charge in [-0.2, -0.15) is 5.10 Å². The van der Waals surface area contributed by atoms with E-state index in [-0.39, 0.29) is 5.91 Å². The molecule has 1 amide bonds. The second-order valence-corrected chi connectivity index (χ2v) is 2.21. The maximum atomic E-state index is 10.5. The van der Waals surface area contributed by atoms with Gasteiger partial charge in [0.25, 0.3) is 0 Å². The van der Waals surface area contributed by atoms with E-state index in [2.05, 4.69) is 15.4 Å². The Labute approximate surface area is 64.4 Å². The Balaban J connectivity index is 2.51. The average molecular weight is 154 g/mol. The van der Waals surface area contributed by atoms with Crippen LogP contribution in [0.3, 0.4) is 0 Å². The molecular formula is C6H10N4O. The molecule has 0 atom stereocenters. The molecule has 0 aliphatic heterocycles. The van der Waals surface area contributed by atoms with Crippen molar-refractivity contribution in [2.45, 2.75) is 13.5 Å². The number of rotatable bonds is 2. The monoisotopic (exact) mass is 154 g/mol. The van der Waals surface area contributed by atoms with Crippen LogP contribution in [-0.2, 0) is 18.4 Å². The molecule has 1 rings (SSSR count). The number of aromatic nitrogens is 3. The molecule has 1 aromatic heterocycles. The Kier molecular flexibility index (Phi) is 2.20. The maximum Gasteiger partial charge on any atom is 0.217 e. The second kappa shape index (κ2) is 3.14. The van der Waals surface area contributed by atoms with Crippen molar-refractivity contribution in [3.8, 4) is 0 Å². The van der Waals surface area contributed by atoms with E-state index < -0.39 is 0 Å². The summed E-state index contributed by atoms with van der Waals surface area (Å²) in [6, 6.07) is 0. The van der Waals surface area contributed by atoms with E-state index in [1.165, 1.54) is 13.3 Å². The summed E-state index contributed by atoms with van der Waals surface area (Å²) < 4.78 is 1.62. The van der Waals surface area contributed by atoms with Crippen LogP contribution >= 0.6 is 0 Å². The Morgan fingerprint density at radius 1 is 1.82 bits per heavy atom. The number of hydrogen-bond donors (Lipinski definition) is 1. The topological polar surface area (TPSA) is 59.8 Å². The normalized spacial score (nSPS) is 9.64. The third kappa shape index (κ3) is 2.03. The highest BCUT2D eigenvalue weighted by molar-refractivity contribution is 5.72. The smallest absolute Gasteiger partial charge is 0.217 e. The first-order chi connectivity index (χ1) is 5.20. The van der Waals surface area contributed by atoms with E-state index >= 15 is 0 Å². The highest BCUT2D eigenvalue weighted by atomic mass is 16.1. The van der Waals surface area contributed by atoms with Crippen molar-refractivity contribution >= 4 is 5.91 Å². The molecule has 60 valence electrons. The molecule has 0 aromatic carbocycles. The van der Waals surface area contributed by atoms with Crippen LogP contribution in [0.25, 0.3) is 0 Å². The van der Waals surface area contributed by atoms with Gasteiger partial charge in [0.15, 0.2) is 0 Å². The lowest BCUT2D eigenvalue weighted by Gasteiger charge is -1.99. The summed E-state index contributed by atoms with van der Waals surface area (Å²) in [7, 11) is 1.78. The first-order valence-corrected chi connectivity index (χ1v) is 3.27. The molecule has 11 heavy (non-hydrogen) atoms. The van der Waals surface area contributed by atoms with Crippen molar-refractivity contribution in [3.63, 3.8) is 0 Å². The molecule has 0 aliphatic rings. The Morgan fingerprint density at radius 3 is 3.00 bits per heavy atom. The van der Waals surface area contributed by atoms with E-state index in [9.17, 15) is 4.79 Å². The number of nitrogens with zero attached hydrogens (tertiary/aromatic N) is 3. The summed E-state index contributed by atoms with van der Waals surface area (Å²) in [5.41, 5.74) is 0. The standard InChI is InChI=1S/C6H10N4O/c1-5(11)7-3-6-8-4-9-10(6)2/h4H,3H2,1-2H3,(H,7,11). The van der Waals surface area contributed by atoms with Gasteiger partial charge in [0.05, 0.1) is 6.54 Å². The molecule has 0 spiro atoms. The number of amides is 1. The number of hydrogen-bond acceptors (Lipinski definition) is 3. The summed E-state index contributed by atoms with van der Waals surface area (Å²) in [6.07, 6.45) is 1.46. The molecule has 5 nitrogen and oxygen atoms in total. The van der Waals surface area contributed by atoms with E-state index in [4.69, 9.17) is 0 Å². The van der Waals surface area contributed by atoms with Gasteiger partial charge in [-0.25, -0.2) is 4.98 Å². The lowest BCUT2D eigenvalue weighted by molar-refractivity contribution is -0.119. The lowest BCUT2D eigenvalue weighted by atomic mass is 10.5. The summed E-state index contributed by atoms with van der Waals surface area (Å²) in [5, 5.41) is 6.48. The van der Waals surface area contributed by atoms with E-state index in [1.807, 2.05) is 0 Å². The van der Waals surface area contributed by atoms with Crippen LogP contribution in [0.5, 0.6) is 0 Å². The summed E-state index contributed by atoms with van der Waals surface area (Å²) in [5.74, 6) is 0.688. The van der Waals surface area contributed by atoms with E-state index in [1.54, 1.807) is 11.7 Å². The molecule has 1 heterocycles. The van der Waals surface area contributed by atoms with Crippen LogP contribution in [0.1, 0.15) is 12.7 Å². The van der Waals surface area contributed by atoms with Gasteiger partial charge in [-0.05, 0) is 0 Å². The Bertz CT molecular complexity index is 255. The minimum absolute atomic E-state index is 0.0620. The first-order valence-electron chi connectivity index (χ1n) is 3.27. The van der Waals surface area contributed by atoms with Crippen LogP contribution in [0.4, 0.5) is 0 Å². The fourth-order valence-corrected chi connectivity index (χ4v) is 0.684. The van der Waals surface area contributed by atoms with Crippen molar-refractivity contribution in [1.29, 1.82) is 0 Å². The largest absolute Gasteiger partial charge is 0.349 e. The van der Waals surface area contributed by atoms with Crippen molar-refractivity contribution < 1.29 is 4.79 Å². The number of aryl methyl sites for hydroxylation is 1. The third-order valence-electron chi connectivity index (χ3n) is 1.30. The summed E-state index contributed by atoms with van der Waals surface area (Å²) >= 11 is 0. The number of carbonyl (C=O) groups is 1. The second-order valence-electron chi connectivity index (χ2n) is 2.21. The van der Waals surface area contributed by atoms with Crippen LogP contribution in [0.2, 0.25) is 0 Å². The van der Waals surface area contributed by atoms with Crippen LogP contribution in [0.15, 0.2) is 6.33 Å². The molecule has 0 saturated carbocycles. The highest BCUT2D eigenvalue weighted by Crippen LogP contribution is 1.88. The van der Waals surface area contributed by atoms with Gasteiger partial charge in [-0.1, -0.05) is 0 Å². The van der Waals surface area contributed by atoms with Crippen LogP contribution < -0.4 is 5.32 Å². The summed E-state index contributed by atoms with van der Waals surface area (Å²) in [4.78, 5) is 14.4. The zero-order chi connectivity index (χ0) is 8.27. The predicted molar refractivity (Wildman–Crippen MR) is 38.5 cm³/mol. The van der Waals surface area contributed by atoms with Gasteiger partial charge < -0.3 is 5.32 Å². The van der Waals surface area contributed by atoms with Gasteiger partial charge in [-0.15, -0.1) is 0 Å². The van der Waals surface area contributed by atoms with Crippen molar-refractivity contribution in [2.75, 3.05) is 0 Å². The summed E-state index contributed by atoms with van der Waals surface area (Å²) in [6.45, 7) is 1.90. The molecular weight excluding hydrogens is 144 g/mol. The fourth-order valence-electron chi connectivity index (χ4n) is 0.684. The Morgan fingerprint density at radius 2 is 2.55 bits per heavy atom. The molecule has 0 bridgehead atoms. The zero-order valence-electron chi connectivity index (χ0n) is 6.53. The first kappa shape index (κ1) is 7.71. The third-order valence-corrected chi connectivity index (χ3v) is 1.30. The van der Waals surface area contributed by atoms with Crippen molar-refractivity contribution in [2.24, 2.45) is 7.05 Å². The van der Waals surface area contributed by atoms with Gasteiger partial charge in [0, 0.05) is 14.0 Å². The predicted octanol–water partition coefficient (Wildman–Crippen LogP) is -0.549. The van der Waals surface area contributed by atoms with Gasteiger partial charge in [0.2, 0.25) is 5.91 Å². The molecule has 0 aliphatic carbocycles. The van der Waals surface area contributed by atoms with Crippen LogP contribution in [-0.4, -0.2) is 20.7 Å². The molecule has 0 fully saturated rings. The van der Waals surface area contributed by atoms with Crippen LogP contribution in [0, 0.1) is 0 Å². The van der Waals surface area contributed by atoms with Gasteiger partial charge >= 0.3 is 0 Å². The molecule has 1 aromatic rings. The molecule has 0 saturated heterocycles. The molecule has 5 heteroatoms. The van der Waals surface area contributed by atoms with Crippen molar-refractivity contribution in [1.82, 2.24) is 20.1 Å². The molecule has 0 unspecified atom stereocenters. The average Bonchev–Trinajstić information content (AvgIpc) is 2.31. The molecule has 0 radical (unpaired) electrons. The van der Waals surface area contributed by atoms with Crippen molar-refractivity contribution in [3.05, 3.63) is 12.2 Å². The maximum absolute atomic E-state index is 10.5. The van der Waals surface area contributed by atoms with Gasteiger partial charge in [-0.3, -0.25) is 9.48 Å². The Hall–Kier alpha value is -1.39. The van der Waals surface area contributed by atoms with E-state index in [0.717, 1.165) is 5.82 Å². The quantitative estimate of drug-likeness (QED) is 0.621. The molecule has 1 N–H and O–H groups in total. The number of carbonyl (C=O) groups excluding carboxylic acids is 1. The van der Waals surface area contributed by atoms with Gasteiger partial charge in [0.1, 0.15) is 12.2 Å². The highest BCUT2D eigenvalue weighted by Gasteiger charge is 1.99. The fraction of sp³-hybridized carbons (Fsp3) is 0.500. The number of nitrogens with one attached hydrogen (secondary N) is 1. The lowest BCUT2D eigenvalue weighted by Crippen LogP contribution is -2.21. The minimum Gasteiger partial charge on any atom is -0.349 e. The zero-order valence-corrected chi connectivity index (χ0v) is 6.53.